The van der Waals surface area contributed by atoms with Crippen LogP contribution >= 0.6 is 0 Å². The molecule has 6 aromatic heterocycles. The van der Waals surface area contributed by atoms with Crippen molar-refractivity contribution in [3.05, 3.63) is 158 Å². The van der Waals surface area contributed by atoms with Gasteiger partial charge in [-0.3, -0.25) is 24.5 Å². The number of hydrogen-bond donors (Lipinski definition) is 5. The molecule has 0 amide bonds. The molecule has 5 N–H and O–H groups in total. The van der Waals surface area contributed by atoms with Crippen LogP contribution < -0.4 is 11.1 Å². The molecule has 9 rings (SSSR count). The number of aromatic nitrogens is 8. The normalized spacial score (nSPS) is 13.4. The number of hydrogen-bond acceptors (Lipinski definition) is 9. The molecular weight excluding hydrogens is 719 g/mol. The van der Waals surface area contributed by atoms with Gasteiger partial charge in [0.25, 0.3) is 11.1 Å². The number of H-pyrrole nitrogens is 4. The Morgan fingerprint density at radius 1 is 0.684 bits per heavy atom. The lowest BCUT2D eigenvalue weighted by atomic mass is 10.1. The first-order valence-electron chi connectivity index (χ1n) is 18.5. The molecule has 13 heteroatoms. The zero-order valence-corrected chi connectivity index (χ0v) is 31.1. The first-order chi connectivity index (χ1) is 27.8. The average Bonchev–Trinajstić information content (AvgIpc) is 3.88. The van der Waals surface area contributed by atoms with Gasteiger partial charge in [0.05, 0.1) is 41.7 Å². The summed E-state index contributed by atoms with van der Waals surface area (Å²) >= 11 is 0. The minimum absolute atomic E-state index is 0.138. The summed E-state index contributed by atoms with van der Waals surface area (Å²) in [5.41, 5.74) is 9.37. The molecule has 7 heterocycles. The van der Waals surface area contributed by atoms with Crippen LogP contribution in [0.25, 0.3) is 68.9 Å². The molecule has 284 valence electrons. The van der Waals surface area contributed by atoms with Crippen molar-refractivity contribution < 1.29 is 9.84 Å². The highest BCUT2D eigenvalue weighted by molar-refractivity contribution is 5.84. The molecule has 1 fully saturated rings. The summed E-state index contributed by atoms with van der Waals surface area (Å²) in [6.45, 7) is 6.34. The van der Waals surface area contributed by atoms with Crippen LogP contribution in [0.1, 0.15) is 33.9 Å². The molecule has 0 radical (unpaired) electrons. The highest BCUT2D eigenvalue weighted by Gasteiger charge is 2.12. The maximum absolute atomic E-state index is 12.2. The van der Waals surface area contributed by atoms with Crippen molar-refractivity contribution in [1.82, 2.24) is 44.8 Å². The Morgan fingerprint density at radius 2 is 1.26 bits per heavy atom. The van der Waals surface area contributed by atoms with Crippen molar-refractivity contribution in [3.8, 4) is 28.3 Å². The number of aromatic amines is 4. The van der Waals surface area contributed by atoms with Gasteiger partial charge < -0.3 is 29.8 Å². The fourth-order valence-corrected chi connectivity index (χ4v) is 6.51. The van der Waals surface area contributed by atoms with Crippen LogP contribution in [-0.4, -0.2) is 76.2 Å². The molecular formula is C44H39N9O4. The van der Waals surface area contributed by atoms with E-state index >= 15 is 0 Å². The largest absolute Gasteiger partial charge is 0.508 e. The molecule has 0 spiro atoms. The molecule has 1 aliphatic heterocycles. The summed E-state index contributed by atoms with van der Waals surface area (Å²) < 4.78 is 5.42. The Kier molecular flexibility index (Phi) is 10.7. The third-order valence-corrected chi connectivity index (χ3v) is 9.51. The first-order valence-corrected chi connectivity index (χ1v) is 18.5. The number of morpholine rings is 1. The third-order valence-electron chi connectivity index (χ3n) is 9.51. The number of nitrogens with zero attached hydrogens (tertiary/aromatic N) is 5. The van der Waals surface area contributed by atoms with Gasteiger partial charge in [-0.25, -0.2) is 9.97 Å². The zero-order chi connectivity index (χ0) is 39.1. The minimum atomic E-state index is -0.172. The second-order valence-corrected chi connectivity index (χ2v) is 13.6. The number of aromatic hydroxyl groups is 1. The maximum atomic E-state index is 12.2. The molecule has 1 saturated heterocycles. The molecule has 0 atom stereocenters. The van der Waals surface area contributed by atoms with Crippen LogP contribution in [-0.2, 0) is 11.3 Å². The SMILES string of the molecule is Cc1nc2[nH]c(-c3ccnc(C=Cc4ccc(CN5CCOCC5)cc4)c3)cc2c(=O)[nH]1.O=c1[nH]cnc2[nH]c(-c3ccnc(C=Cc4ccc(O)cc4)c3)cc12. The van der Waals surface area contributed by atoms with Crippen LogP contribution in [0.5, 0.6) is 5.75 Å². The van der Waals surface area contributed by atoms with Gasteiger partial charge >= 0.3 is 0 Å². The lowest BCUT2D eigenvalue weighted by Gasteiger charge is -2.26. The highest BCUT2D eigenvalue weighted by Crippen LogP contribution is 2.24. The van der Waals surface area contributed by atoms with Crippen molar-refractivity contribution in [2.75, 3.05) is 26.3 Å². The number of aryl methyl sites for hydroxylation is 1. The number of fused-ring (bicyclic) bond motifs is 2. The van der Waals surface area contributed by atoms with E-state index in [9.17, 15) is 14.7 Å². The summed E-state index contributed by atoms with van der Waals surface area (Å²) in [5.74, 6) is 0.824. The van der Waals surface area contributed by atoms with Gasteiger partial charge in [-0.1, -0.05) is 48.6 Å². The smallest absolute Gasteiger partial charge is 0.260 e. The monoisotopic (exact) mass is 757 g/mol. The molecule has 8 aromatic rings. The van der Waals surface area contributed by atoms with Gasteiger partial charge in [0.1, 0.15) is 22.9 Å². The summed E-state index contributed by atoms with van der Waals surface area (Å²) in [4.78, 5) is 55.4. The van der Waals surface area contributed by atoms with Crippen molar-refractivity contribution in [3.63, 3.8) is 0 Å². The van der Waals surface area contributed by atoms with E-state index < -0.39 is 0 Å². The van der Waals surface area contributed by atoms with Crippen molar-refractivity contribution >= 4 is 46.4 Å². The fourth-order valence-electron chi connectivity index (χ4n) is 6.51. The number of pyridine rings is 2. The lowest BCUT2D eigenvalue weighted by molar-refractivity contribution is 0.0342. The van der Waals surface area contributed by atoms with Crippen molar-refractivity contribution in [2.45, 2.75) is 13.5 Å². The molecule has 0 saturated carbocycles. The quantitative estimate of drug-likeness (QED) is 0.111. The predicted octanol–water partition coefficient (Wildman–Crippen LogP) is 6.81. The number of benzene rings is 2. The Labute approximate surface area is 326 Å². The maximum Gasteiger partial charge on any atom is 0.260 e. The first kappa shape index (κ1) is 36.7. The van der Waals surface area contributed by atoms with E-state index in [0.29, 0.717) is 27.9 Å². The van der Waals surface area contributed by atoms with E-state index in [0.717, 1.165) is 77.9 Å². The fraction of sp³-hybridized carbons (Fsp3) is 0.136. The zero-order valence-electron chi connectivity index (χ0n) is 31.1. The molecule has 2 aromatic carbocycles. The van der Waals surface area contributed by atoms with Crippen molar-refractivity contribution in [2.24, 2.45) is 0 Å². The van der Waals surface area contributed by atoms with Crippen LogP contribution in [0.3, 0.4) is 0 Å². The Hall–Kier alpha value is -7.22. The van der Waals surface area contributed by atoms with Crippen molar-refractivity contribution in [1.29, 1.82) is 0 Å². The standard InChI is InChI=1S/C25H25N5O2.C19H14N4O2/c1-17-27-24-22(25(31)28-17)15-23(29-24)20-8-9-26-21(14-20)7-6-18-2-4-19(5-3-18)16-30-10-12-32-13-11-30;24-15-5-2-12(3-6-15)1-4-14-9-13(7-8-20-14)17-10-16-18(23-17)21-11-22-19(16)25/h2-9,14-15H,10-13,16H2,1H3,(H2,27,28,29,31);1-11,24H,(H2,21,22,23,25). The number of rotatable bonds is 8. The van der Waals surface area contributed by atoms with Crippen LogP contribution in [0, 0.1) is 6.92 Å². The van der Waals surface area contributed by atoms with E-state index in [1.54, 1.807) is 37.5 Å². The van der Waals surface area contributed by atoms with Gasteiger partial charge in [0.2, 0.25) is 0 Å². The predicted molar refractivity (Wildman–Crippen MR) is 223 cm³/mol. The van der Waals surface area contributed by atoms with E-state index in [1.165, 1.54) is 11.9 Å². The molecule has 0 unspecified atom stereocenters. The van der Waals surface area contributed by atoms with Gasteiger partial charge in [-0.05, 0) is 84.3 Å². The van der Waals surface area contributed by atoms with E-state index in [1.807, 2.05) is 60.7 Å². The van der Waals surface area contributed by atoms with E-state index in [2.05, 4.69) is 75.1 Å². The summed E-state index contributed by atoms with van der Waals surface area (Å²) in [6, 6.07) is 26.9. The van der Waals surface area contributed by atoms with Gasteiger partial charge in [-0.2, -0.15) is 0 Å². The number of phenolic OH excluding ortho intramolecular Hbond substituents is 1. The van der Waals surface area contributed by atoms with E-state index in [4.69, 9.17) is 4.74 Å². The van der Waals surface area contributed by atoms with Crippen LogP contribution in [0.15, 0.2) is 113 Å². The highest BCUT2D eigenvalue weighted by atomic mass is 16.5. The summed E-state index contributed by atoms with van der Waals surface area (Å²) in [6.07, 6.45) is 12.7. The lowest BCUT2D eigenvalue weighted by Crippen LogP contribution is -2.35. The number of nitrogens with one attached hydrogen (secondary N) is 4. The number of ether oxygens (including phenoxy) is 1. The van der Waals surface area contributed by atoms with Gasteiger partial charge in [0, 0.05) is 54.5 Å². The van der Waals surface area contributed by atoms with Gasteiger partial charge in [0.15, 0.2) is 0 Å². The van der Waals surface area contributed by atoms with Crippen LogP contribution in [0.2, 0.25) is 0 Å². The Bertz CT molecular complexity index is 2830. The second kappa shape index (κ2) is 16.7. The average molecular weight is 758 g/mol. The minimum Gasteiger partial charge on any atom is -0.508 e. The van der Waals surface area contributed by atoms with Gasteiger partial charge in [-0.15, -0.1) is 0 Å². The summed E-state index contributed by atoms with van der Waals surface area (Å²) in [5, 5.41) is 10.4. The molecule has 0 aliphatic carbocycles. The third kappa shape index (κ3) is 9.02. The Morgan fingerprint density at radius 3 is 1.88 bits per heavy atom. The van der Waals surface area contributed by atoms with E-state index in [-0.39, 0.29) is 16.9 Å². The second-order valence-electron chi connectivity index (χ2n) is 13.6. The Balaban J connectivity index is 0.000000165. The molecule has 0 bridgehead atoms. The topological polar surface area (TPSA) is 182 Å². The number of phenols is 1. The molecule has 1 aliphatic rings. The molecule has 13 nitrogen and oxygen atoms in total. The summed E-state index contributed by atoms with van der Waals surface area (Å²) in [7, 11) is 0. The molecule has 57 heavy (non-hydrogen) atoms. The van der Waals surface area contributed by atoms with Crippen LogP contribution in [0.4, 0.5) is 0 Å².